The summed E-state index contributed by atoms with van der Waals surface area (Å²) in [6.07, 6.45) is 1.85. The van der Waals surface area contributed by atoms with Gasteiger partial charge in [0, 0.05) is 11.0 Å². The van der Waals surface area contributed by atoms with E-state index in [9.17, 15) is 0 Å². The lowest BCUT2D eigenvalue weighted by Crippen LogP contribution is -2.37. The van der Waals surface area contributed by atoms with Crippen LogP contribution in [0.15, 0.2) is 0 Å². The number of rotatable bonds is 3. The average molecular weight is 283 g/mol. The van der Waals surface area contributed by atoms with Crippen molar-refractivity contribution in [2.45, 2.75) is 18.7 Å². The summed E-state index contributed by atoms with van der Waals surface area (Å²) in [7, 11) is -1.10. The fourth-order valence-corrected chi connectivity index (χ4v) is 2.28. The van der Waals surface area contributed by atoms with E-state index in [-0.39, 0.29) is 5.82 Å². The topological polar surface area (TPSA) is 43.7 Å². The van der Waals surface area contributed by atoms with Crippen molar-refractivity contribution in [3.63, 3.8) is 0 Å². The monoisotopic (exact) mass is 283 g/mol. The fourth-order valence-electron chi connectivity index (χ4n) is 1.59. The molecule has 3 nitrogen and oxygen atoms in total. The average Bonchev–Trinajstić information content (AvgIpc) is 2.06. The fraction of sp³-hybridized carbons (Fsp3) is 1.00. The SMILES string of the molecule is OB(O)C1CCN(CCI)CC1. The lowest BCUT2D eigenvalue weighted by atomic mass is 9.67. The number of likely N-dealkylation sites (tertiary alicyclic amines) is 1. The summed E-state index contributed by atoms with van der Waals surface area (Å²) in [6, 6.07) is 0. The van der Waals surface area contributed by atoms with Gasteiger partial charge in [-0.2, -0.15) is 0 Å². The van der Waals surface area contributed by atoms with Crippen LogP contribution >= 0.6 is 22.6 Å². The molecule has 12 heavy (non-hydrogen) atoms. The van der Waals surface area contributed by atoms with E-state index in [1.54, 1.807) is 0 Å². The first-order chi connectivity index (χ1) is 5.74. The molecule has 1 aliphatic heterocycles. The molecule has 0 amide bonds. The van der Waals surface area contributed by atoms with Crippen molar-refractivity contribution in [2.24, 2.45) is 0 Å². The van der Waals surface area contributed by atoms with Gasteiger partial charge in [-0.25, -0.2) is 0 Å². The van der Waals surface area contributed by atoms with Crippen LogP contribution in [0, 0.1) is 0 Å². The standard InChI is InChI=1S/C7H15BINO2/c9-3-6-10-4-1-7(2-5-10)8(11)12/h7,11-12H,1-6H2. The maximum absolute atomic E-state index is 8.93. The van der Waals surface area contributed by atoms with Gasteiger partial charge in [-0.05, 0) is 31.7 Å². The number of halogens is 1. The normalized spacial score (nSPS) is 21.2. The molecule has 0 aromatic carbocycles. The Morgan fingerprint density at radius 3 is 2.33 bits per heavy atom. The van der Waals surface area contributed by atoms with Crippen LogP contribution in [0.2, 0.25) is 5.82 Å². The minimum atomic E-state index is -1.10. The molecule has 0 radical (unpaired) electrons. The van der Waals surface area contributed by atoms with Gasteiger partial charge in [0.2, 0.25) is 0 Å². The summed E-state index contributed by atoms with van der Waals surface area (Å²) in [5, 5.41) is 17.9. The second-order valence-corrected chi connectivity index (χ2v) is 4.36. The maximum atomic E-state index is 8.93. The zero-order valence-corrected chi connectivity index (χ0v) is 9.27. The van der Waals surface area contributed by atoms with Crippen molar-refractivity contribution in [2.75, 3.05) is 24.1 Å². The third-order valence-electron chi connectivity index (χ3n) is 2.45. The molecule has 0 bridgehead atoms. The number of nitrogens with zero attached hydrogens (tertiary/aromatic N) is 1. The molecule has 1 rings (SSSR count). The van der Waals surface area contributed by atoms with Gasteiger partial charge in [-0.3, -0.25) is 0 Å². The Bertz CT molecular complexity index is 129. The second-order valence-electron chi connectivity index (χ2n) is 3.28. The van der Waals surface area contributed by atoms with Crippen molar-refractivity contribution in [1.29, 1.82) is 0 Å². The summed E-state index contributed by atoms with van der Waals surface area (Å²) in [6.45, 7) is 3.17. The minimum Gasteiger partial charge on any atom is -0.427 e. The molecule has 0 aliphatic carbocycles. The van der Waals surface area contributed by atoms with Crippen LogP contribution in [0.3, 0.4) is 0 Å². The molecule has 0 atom stereocenters. The first kappa shape index (κ1) is 10.8. The van der Waals surface area contributed by atoms with Crippen LogP contribution < -0.4 is 0 Å². The highest BCUT2D eigenvalue weighted by Gasteiger charge is 2.27. The lowest BCUT2D eigenvalue weighted by molar-refractivity contribution is 0.226. The number of alkyl halides is 1. The van der Waals surface area contributed by atoms with E-state index in [1.165, 1.54) is 0 Å². The predicted molar refractivity (Wildman–Crippen MR) is 58.5 cm³/mol. The Hall–Kier alpha value is 0.675. The third-order valence-corrected chi connectivity index (χ3v) is 2.94. The Morgan fingerprint density at radius 1 is 1.33 bits per heavy atom. The largest absolute Gasteiger partial charge is 0.454 e. The summed E-state index contributed by atoms with van der Waals surface area (Å²) >= 11 is 2.37. The number of piperidine rings is 1. The molecule has 0 unspecified atom stereocenters. The molecule has 70 valence electrons. The quantitative estimate of drug-likeness (QED) is 0.446. The number of hydrogen-bond donors (Lipinski definition) is 2. The molecule has 2 N–H and O–H groups in total. The molecule has 1 saturated heterocycles. The zero-order chi connectivity index (χ0) is 8.97. The van der Waals surface area contributed by atoms with Crippen LogP contribution in [-0.4, -0.2) is 46.1 Å². The van der Waals surface area contributed by atoms with Crippen LogP contribution in [0.25, 0.3) is 0 Å². The summed E-state index contributed by atoms with van der Waals surface area (Å²) in [4.78, 5) is 2.38. The van der Waals surface area contributed by atoms with E-state index < -0.39 is 7.12 Å². The Labute approximate surface area is 87.4 Å². The highest BCUT2D eigenvalue weighted by Crippen LogP contribution is 2.23. The van der Waals surface area contributed by atoms with Gasteiger partial charge < -0.3 is 14.9 Å². The van der Waals surface area contributed by atoms with Crippen LogP contribution in [0.5, 0.6) is 0 Å². The van der Waals surface area contributed by atoms with Gasteiger partial charge in [0.25, 0.3) is 0 Å². The molecule has 0 saturated carbocycles. The van der Waals surface area contributed by atoms with Gasteiger partial charge in [0.15, 0.2) is 0 Å². The summed E-state index contributed by atoms with van der Waals surface area (Å²) in [5.74, 6) is 0.107. The molecule has 0 aromatic heterocycles. The molecule has 5 heteroatoms. The molecular formula is C7H15BINO2. The van der Waals surface area contributed by atoms with Gasteiger partial charge in [0.05, 0.1) is 0 Å². The van der Waals surface area contributed by atoms with Gasteiger partial charge in [-0.15, -0.1) is 0 Å². The van der Waals surface area contributed by atoms with Crippen LogP contribution in [0.4, 0.5) is 0 Å². The maximum Gasteiger partial charge on any atom is 0.454 e. The van der Waals surface area contributed by atoms with E-state index in [4.69, 9.17) is 10.0 Å². The van der Waals surface area contributed by atoms with E-state index in [0.29, 0.717) is 0 Å². The first-order valence-electron chi connectivity index (χ1n) is 4.38. The molecular weight excluding hydrogens is 268 g/mol. The van der Waals surface area contributed by atoms with Crippen LogP contribution in [0.1, 0.15) is 12.8 Å². The van der Waals surface area contributed by atoms with E-state index in [0.717, 1.165) is 36.9 Å². The van der Waals surface area contributed by atoms with Crippen LogP contribution in [-0.2, 0) is 0 Å². The zero-order valence-electron chi connectivity index (χ0n) is 7.12. The second kappa shape index (κ2) is 5.41. The van der Waals surface area contributed by atoms with Gasteiger partial charge >= 0.3 is 7.12 Å². The van der Waals surface area contributed by atoms with Crippen molar-refractivity contribution in [3.05, 3.63) is 0 Å². The number of hydrogen-bond acceptors (Lipinski definition) is 3. The van der Waals surface area contributed by atoms with E-state index in [1.807, 2.05) is 0 Å². The predicted octanol–water partition coefficient (Wildman–Crippen LogP) is 0.360. The van der Waals surface area contributed by atoms with Crippen molar-refractivity contribution in [3.8, 4) is 0 Å². The van der Waals surface area contributed by atoms with Crippen molar-refractivity contribution >= 4 is 29.7 Å². The van der Waals surface area contributed by atoms with E-state index in [2.05, 4.69) is 27.5 Å². The Morgan fingerprint density at radius 2 is 1.92 bits per heavy atom. The molecule has 0 spiro atoms. The summed E-state index contributed by atoms with van der Waals surface area (Å²) < 4.78 is 1.16. The highest BCUT2D eigenvalue weighted by molar-refractivity contribution is 14.1. The molecule has 1 aliphatic rings. The lowest BCUT2D eigenvalue weighted by Gasteiger charge is -2.30. The Kier molecular flexibility index (Phi) is 4.85. The highest BCUT2D eigenvalue weighted by atomic mass is 127. The van der Waals surface area contributed by atoms with Gasteiger partial charge in [-0.1, -0.05) is 22.6 Å². The molecule has 1 heterocycles. The van der Waals surface area contributed by atoms with Crippen molar-refractivity contribution < 1.29 is 10.0 Å². The molecule has 1 fully saturated rings. The Balaban J connectivity index is 2.20. The summed E-state index contributed by atoms with van der Waals surface area (Å²) in [5.41, 5.74) is 0. The van der Waals surface area contributed by atoms with E-state index >= 15 is 0 Å². The van der Waals surface area contributed by atoms with Gasteiger partial charge in [0.1, 0.15) is 0 Å². The molecule has 0 aromatic rings. The minimum absolute atomic E-state index is 0.107. The first-order valence-corrected chi connectivity index (χ1v) is 5.91. The van der Waals surface area contributed by atoms with Crippen molar-refractivity contribution in [1.82, 2.24) is 4.90 Å². The third kappa shape index (κ3) is 3.20. The smallest absolute Gasteiger partial charge is 0.427 e.